The Hall–Kier alpha value is -2.33. The zero-order valence-corrected chi connectivity index (χ0v) is 16.7. The molecule has 7 nitrogen and oxygen atoms in total. The quantitative estimate of drug-likeness (QED) is 0.609. The van der Waals surface area contributed by atoms with Crippen molar-refractivity contribution in [3.63, 3.8) is 0 Å². The van der Waals surface area contributed by atoms with E-state index in [1.807, 2.05) is 18.9 Å². The van der Waals surface area contributed by atoms with Crippen LogP contribution in [0.2, 0.25) is 0 Å². The molecule has 0 fully saturated rings. The SMILES string of the molecule is CC(=N)/C(C)=C1\C(=N)SC2=C1NCN(C)C2=NCC1=CCC(OC(F)F)N=C1. The fourth-order valence-electron chi connectivity index (χ4n) is 2.97. The molecule has 0 aromatic carbocycles. The first-order valence-corrected chi connectivity index (χ1v) is 9.53. The predicted octanol–water partition coefficient (Wildman–Crippen LogP) is 3.14. The van der Waals surface area contributed by atoms with Crippen LogP contribution in [0.3, 0.4) is 0 Å². The second-order valence-corrected chi connectivity index (χ2v) is 7.60. The lowest BCUT2D eigenvalue weighted by Crippen LogP contribution is -2.41. The second-order valence-electron chi connectivity index (χ2n) is 6.58. The van der Waals surface area contributed by atoms with Gasteiger partial charge in [0.05, 0.1) is 23.8 Å². The molecule has 1 atom stereocenters. The van der Waals surface area contributed by atoms with Gasteiger partial charge in [0.15, 0.2) is 6.23 Å². The van der Waals surface area contributed by atoms with Crippen LogP contribution in [0.5, 0.6) is 0 Å². The van der Waals surface area contributed by atoms with E-state index in [4.69, 9.17) is 15.8 Å². The van der Waals surface area contributed by atoms with Crippen LogP contribution in [-0.4, -0.2) is 60.8 Å². The lowest BCUT2D eigenvalue weighted by Gasteiger charge is -2.29. The molecule has 0 amide bonds. The Balaban J connectivity index is 1.81. The molecule has 0 radical (unpaired) electrons. The molecule has 0 aromatic rings. The number of likely N-dealkylation sites (N-methyl/N-ethyl adjacent to an activating group) is 1. The molecule has 3 rings (SSSR count). The number of amidine groups is 1. The van der Waals surface area contributed by atoms with Crippen LogP contribution in [0.15, 0.2) is 43.4 Å². The number of rotatable bonds is 5. The van der Waals surface area contributed by atoms with Crippen LogP contribution in [0, 0.1) is 10.8 Å². The zero-order chi connectivity index (χ0) is 20.4. The molecule has 10 heteroatoms. The highest BCUT2D eigenvalue weighted by atomic mass is 32.2. The summed E-state index contributed by atoms with van der Waals surface area (Å²) in [6, 6.07) is 0. The van der Waals surface area contributed by atoms with Gasteiger partial charge in [0.1, 0.15) is 10.9 Å². The van der Waals surface area contributed by atoms with E-state index in [1.165, 1.54) is 18.0 Å². The minimum atomic E-state index is -2.84. The smallest absolute Gasteiger partial charge is 0.347 e. The summed E-state index contributed by atoms with van der Waals surface area (Å²) in [7, 11) is 1.91. The summed E-state index contributed by atoms with van der Waals surface area (Å²) in [6.07, 6.45) is 2.77. The molecule has 28 heavy (non-hydrogen) atoms. The van der Waals surface area contributed by atoms with Crippen LogP contribution < -0.4 is 5.32 Å². The molecule has 3 aliphatic rings. The highest BCUT2D eigenvalue weighted by molar-refractivity contribution is 8.18. The molecule has 150 valence electrons. The van der Waals surface area contributed by atoms with Crippen molar-refractivity contribution in [2.45, 2.75) is 33.1 Å². The maximum Gasteiger partial charge on any atom is 0.347 e. The highest BCUT2D eigenvalue weighted by Crippen LogP contribution is 2.40. The number of aliphatic imine (C=N–C) groups is 2. The second kappa shape index (κ2) is 8.36. The van der Waals surface area contributed by atoms with Crippen molar-refractivity contribution in [1.82, 2.24) is 10.2 Å². The van der Waals surface area contributed by atoms with Crippen LogP contribution >= 0.6 is 11.8 Å². The Labute approximate surface area is 166 Å². The summed E-state index contributed by atoms with van der Waals surface area (Å²) in [5.41, 5.74) is 3.62. The highest BCUT2D eigenvalue weighted by Gasteiger charge is 2.35. The van der Waals surface area contributed by atoms with Gasteiger partial charge in [0, 0.05) is 31.0 Å². The minimum Gasteiger partial charge on any atom is -0.366 e. The van der Waals surface area contributed by atoms with Crippen molar-refractivity contribution >= 4 is 34.6 Å². The van der Waals surface area contributed by atoms with Gasteiger partial charge in [-0.1, -0.05) is 17.8 Å². The van der Waals surface area contributed by atoms with Crippen LogP contribution in [0.25, 0.3) is 0 Å². The number of nitrogens with zero attached hydrogens (tertiary/aromatic N) is 3. The van der Waals surface area contributed by atoms with Gasteiger partial charge in [-0.3, -0.25) is 20.1 Å². The number of hydrogen-bond donors (Lipinski definition) is 3. The standard InChI is InChI=1S/C18H22F2N6OS/c1-9(10(2)21)13-14-15(28-16(13)22)17(26(3)8-25-14)24-7-11-4-5-12(23-6-11)27-18(19)20/h4,6,12,18,21-22,25H,5,7-8H2,1-3H3/b13-9-,21-10?,22-16?,24-17?. The number of nitrogens with one attached hydrogen (secondary N) is 3. The van der Waals surface area contributed by atoms with Crippen molar-refractivity contribution in [3.05, 3.63) is 33.4 Å². The van der Waals surface area contributed by atoms with Crippen LogP contribution in [-0.2, 0) is 4.74 Å². The number of thioether (sulfide) groups is 1. The van der Waals surface area contributed by atoms with Crippen LogP contribution in [0.1, 0.15) is 20.3 Å². The van der Waals surface area contributed by atoms with Crippen molar-refractivity contribution in [1.29, 1.82) is 10.8 Å². The lowest BCUT2D eigenvalue weighted by molar-refractivity contribution is -0.159. The third kappa shape index (κ3) is 4.22. The van der Waals surface area contributed by atoms with E-state index in [0.717, 1.165) is 33.2 Å². The molecule has 0 spiro atoms. The molecule has 0 aromatic heterocycles. The largest absolute Gasteiger partial charge is 0.366 e. The van der Waals surface area contributed by atoms with E-state index >= 15 is 0 Å². The maximum atomic E-state index is 12.3. The fraction of sp³-hybridized carbons (Fsp3) is 0.444. The van der Waals surface area contributed by atoms with Crippen molar-refractivity contribution < 1.29 is 13.5 Å². The summed E-state index contributed by atoms with van der Waals surface area (Å²) in [5, 5.41) is 19.9. The number of ether oxygens (including phenoxy) is 1. The van der Waals surface area contributed by atoms with E-state index in [9.17, 15) is 8.78 Å². The monoisotopic (exact) mass is 408 g/mol. The van der Waals surface area contributed by atoms with Gasteiger partial charge in [-0.05, 0) is 25.0 Å². The molecular weight excluding hydrogens is 386 g/mol. The number of dihydropyridines is 1. The fourth-order valence-corrected chi connectivity index (χ4v) is 4.12. The Bertz CT molecular complexity index is 858. The van der Waals surface area contributed by atoms with E-state index in [2.05, 4.69) is 15.0 Å². The number of allylic oxidation sites excluding steroid dienone is 2. The third-order valence-corrected chi connectivity index (χ3v) is 5.56. The lowest BCUT2D eigenvalue weighted by atomic mass is 10.0. The van der Waals surface area contributed by atoms with Gasteiger partial charge in [-0.2, -0.15) is 8.78 Å². The summed E-state index contributed by atoms with van der Waals surface area (Å²) < 4.78 is 28.9. The molecule has 1 unspecified atom stereocenters. The molecule has 3 N–H and O–H groups in total. The van der Waals surface area contributed by atoms with E-state index in [-0.39, 0.29) is 6.42 Å². The van der Waals surface area contributed by atoms with Crippen LogP contribution in [0.4, 0.5) is 8.78 Å². The van der Waals surface area contributed by atoms with Crippen molar-refractivity contribution in [3.8, 4) is 0 Å². The first-order chi connectivity index (χ1) is 13.3. The Morgan fingerprint density at radius 1 is 1.50 bits per heavy atom. The molecule has 0 saturated carbocycles. The average molecular weight is 408 g/mol. The molecular formula is C18H22F2N6OS. The third-order valence-electron chi connectivity index (χ3n) is 4.56. The van der Waals surface area contributed by atoms with Gasteiger partial charge in [-0.15, -0.1) is 0 Å². The summed E-state index contributed by atoms with van der Waals surface area (Å²) in [6.45, 7) is 1.62. The first-order valence-electron chi connectivity index (χ1n) is 8.71. The molecule has 0 bridgehead atoms. The average Bonchev–Trinajstić information content (AvgIpc) is 2.97. The maximum absolute atomic E-state index is 12.3. The number of halogens is 2. The first kappa shape index (κ1) is 20.4. The summed E-state index contributed by atoms with van der Waals surface area (Å²) >= 11 is 1.33. The van der Waals surface area contributed by atoms with Crippen molar-refractivity contribution in [2.75, 3.05) is 20.3 Å². The topological polar surface area (TPSA) is 96.9 Å². The van der Waals surface area contributed by atoms with E-state index in [1.54, 1.807) is 13.0 Å². The predicted molar refractivity (Wildman–Crippen MR) is 109 cm³/mol. The zero-order valence-electron chi connectivity index (χ0n) is 15.8. The van der Waals surface area contributed by atoms with Gasteiger partial charge < -0.3 is 15.6 Å². The summed E-state index contributed by atoms with van der Waals surface area (Å²) in [4.78, 5) is 11.5. The van der Waals surface area contributed by atoms with Gasteiger partial charge in [0.25, 0.3) is 0 Å². The molecule has 3 heterocycles. The number of alkyl halides is 2. The van der Waals surface area contributed by atoms with E-state index < -0.39 is 12.8 Å². The van der Waals surface area contributed by atoms with E-state index in [0.29, 0.717) is 24.0 Å². The number of hydrogen-bond acceptors (Lipinski definition) is 7. The van der Waals surface area contributed by atoms with Gasteiger partial charge >= 0.3 is 6.61 Å². The Morgan fingerprint density at radius 2 is 2.25 bits per heavy atom. The van der Waals surface area contributed by atoms with Gasteiger partial charge in [-0.25, -0.2) is 0 Å². The normalized spacial score (nSPS) is 25.3. The van der Waals surface area contributed by atoms with Crippen molar-refractivity contribution in [2.24, 2.45) is 9.98 Å². The Kier molecular flexibility index (Phi) is 6.09. The van der Waals surface area contributed by atoms with Gasteiger partial charge in [0.2, 0.25) is 0 Å². The minimum absolute atomic E-state index is 0.288. The Morgan fingerprint density at radius 3 is 2.86 bits per heavy atom. The molecule has 3 aliphatic heterocycles. The molecule has 0 saturated heterocycles. The summed E-state index contributed by atoms with van der Waals surface area (Å²) in [5.74, 6) is 0.759. The molecule has 0 aliphatic carbocycles.